The molecule has 1 aromatic carbocycles. The maximum atomic E-state index is 12.4. The van der Waals surface area contributed by atoms with E-state index in [1.807, 2.05) is 31.2 Å². The molecule has 2 rings (SSSR count). The highest BCUT2D eigenvalue weighted by atomic mass is 16.4. The van der Waals surface area contributed by atoms with Gasteiger partial charge in [0.1, 0.15) is 6.54 Å². The summed E-state index contributed by atoms with van der Waals surface area (Å²) in [6.07, 6.45) is 0. The Balaban J connectivity index is 2.34. The smallest absolute Gasteiger partial charge is 0.323 e. The molecule has 7 heteroatoms. The lowest BCUT2D eigenvalue weighted by atomic mass is 10.2. The summed E-state index contributed by atoms with van der Waals surface area (Å²) in [5, 5.41) is 16.8. The van der Waals surface area contributed by atoms with Gasteiger partial charge in [0, 0.05) is 6.54 Å². The largest absolute Gasteiger partial charge is 0.480 e. The van der Waals surface area contributed by atoms with Gasteiger partial charge in [-0.05, 0) is 38.5 Å². The number of aliphatic carboxylic acids is 1. The molecule has 0 aliphatic heterocycles. The molecule has 0 saturated carbocycles. The molecule has 0 atom stereocenters. The molecular formula is C15H18N4O3. The molecule has 0 unspecified atom stereocenters. The number of amides is 1. The van der Waals surface area contributed by atoms with Gasteiger partial charge in [-0.1, -0.05) is 17.3 Å². The van der Waals surface area contributed by atoms with Crippen molar-refractivity contribution in [1.82, 2.24) is 19.9 Å². The predicted octanol–water partition coefficient (Wildman–Crippen LogP) is 1.43. The van der Waals surface area contributed by atoms with Crippen molar-refractivity contribution < 1.29 is 14.7 Å². The van der Waals surface area contributed by atoms with Gasteiger partial charge >= 0.3 is 5.97 Å². The van der Waals surface area contributed by atoms with E-state index < -0.39 is 11.9 Å². The number of aromatic nitrogens is 3. The molecule has 0 aliphatic carbocycles. The van der Waals surface area contributed by atoms with Crippen LogP contribution in [0.25, 0.3) is 5.69 Å². The van der Waals surface area contributed by atoms with Crippen LogP contribution >= 0.6 is 0 Å². The molecule has 7 nitrogen and oxygen atoms in total. The first-order chi connectivity index (χ1) is 10.4. The highest BCUT2D eigenvalue weighted by Gasteiger charge is 2.23. The maximum absolute atomic E-state index is 12.4. The fraction of sp³-hybridized carbons (Fsp3) is 0.333. The van der Waals surface area contributed by atoms with E-state index in [1.165, 1.54) is 4.90 Å². The molecule has 1 N–H and O–H groups in total. The standard InChI is InChI=1S/C15H18N4O3/c1-4-18(9-13(20)21)15(22)14-11(3)19(17-16-14)12-7-5-6-10(2)8-12/h5-8H,4,9H2,1-3H3,(H,20,21). The summed E-state index contributed by atoms with van der Waals surface area (Å²) >= 11 is 0. The first kappa shape index (κ1) is 15.7. The number of nitrogens with zero attached hydrogens (tertiary/aromatic N) is 4. The van der Waals surface area contributed by atoms with Crippen LogP contribution in [0, 0.1) is 13.8 Å². The number of carboxylic acids is 1. The van der Waals surface area contributed by atoms with Crippen LogP contribution in [0.3, 0.4) is 0 Å². The van der Waals surface area contributed by atoms with Crippen molar-refractivity contribution in [3.05, 3.63) is 41.2 Å². The van der Waals surface area contributed by atoms with E-state index in [0.29, 0.717) is 12.2 Å². The molecule has 116 valence electrons. The summed E-state index contributed by atoms with van der Waals surface area (Å²) in [5.74, 6) is -1.49. The highest BCUT2D eigenvalue weighted by Crippen LogP contribution is 2.15. The van der Waals surface area contributed by atoms with Crippen LogP contribution in [0.5, 0.6) is 0 Å². The summed E-state index contributed by atoms with van der Waals surface area (Å²) in [7, 11) is 0. The lowest BCUT2D eigenvalue weighted by molar-refractivity contribution is -0.137. The van der Waals surface area contributed by atoms with Crippen LogP contribution in [0.4, 0.5) is 0 Å². The number of carbonyl (C=O) groups excluding carboxylic acids is 1. The molecule has 22 heavy (non-hydrogen) atoms. The minimum absolute atomic E-state index is 0.171. The second kappa shape index (κ2) is 6.38. The van der Waals surface area contributed by atoms with E-state index in [4.69, 9.17) is 5.11 Å². The second-order valence-corrected chi connectivity index (χ2v) is 4.99. The zero-order valence-electron chi connectivity index (χ0n) is 12.8. The predicted molar refractivity (Wildman–Crippen MR) is 80.0 cm³/mol. The van der Waals surface area contributed by atoms with E-state index >= 15 is 0 Å². The lowest BCUT2D eigenvalue weighted by Gasteiger charge is -2.17. The number of likely N-dealkylation sites (N-methyl/N-ethyl adjacent to an activating group) is 1. The van der Waals surface area contributed by atoms with Crippen LogP contribution in [0.1, 0.15) is 28.7 Å². The Kier molecular flexibility index (Phi) is 4.55. The van der Waals surface area contributed by atoms with E-state index in [-0.39, 0.29) is 12.2 Å². The first-order valence-corrected chi connectivity index (χ1v) is 6.94. The van der Waals surface area contributed by atoms with Gasteiger partial charge in [0.2, 0.25) is 0 Å². The van der Waals surface area contributed by atoms with Crippen molar-refractivity contribution in [2.75, 3.05) is 13.1 Å². The summed E-state index contributed by atoms with van der Waals surface area (Å²) in [6.45, 7) is 5.37. The molecule has 0 bridgehead atoms. The van der Waals surface area contributed by atoms with Gasteiger partial charge < -0.3 is 10.0 Å². The van der Waals surface area contributed by atoms with E-state index in [1.54, 1.807) is 18.5 Å². The average Bonchev–Trinajstić information content (AvgIpc) is 2.85. The Morgan fingerprint density at radius 3 is 2.64 bits per heavy atom. The average molecular weight is 302 g/mol. The number of hydrogen-bond donors (Lipinski definition) is 1. The third-order valence-corrected chi connectivity index (χ3v) is 3.34. The fourth-order valence-electron chi connectivity index (χ4n) is 2.17. The molecule has 1 amide bonds. The van der Waals surface area contributed by atoms with Crippen molar-refractivity contribution in [1.29, 1.82) is 0 Å². The van der Waals surface area contributed by atoms with Crippen molar-refractivity contribution in [2.24, 2.45) is 0 Å². The third-order valence-electron chi connectivity index (χ3n) is 3.34. The number of benzene rings is 1. The number of rotatable bonds is 5. The van der Waals surface area contributed by atoms with Crippen LogP contribution in [0.15, 0.2) is 24.3 Å². The molecule has 0 radical (unpaired) electrons. The SMILES string of the molecule is CCN(CC(=O)O)C(=O)c1nnn(-c2cccc(C)c2)c1C. The highest BCUT2D eigenvalue weighted by molar-refractivity contribution is 5.95. The van der Waals surface area contributed by atoms with E-state index in [0.717, 1.165) is 11.3 Å². The van der Waals surface area contributed by atoms with E-state index in [2.05, 4.69) is 10.3 Å². The number of carbonyl (C=O) groups is 2. The van der Waals surface area contributed by atoms with Gasteiger partial charge in [0.05, 0.1) is 11.4 Å². The maximum Gasteiger partial charge on any atom is 0.323 e. The number of carboxylic acid groups (broad SMARTS) is 1. The molecule has 0 aliphatic rings. The van der Waals surface area contributed by atoms with Crippen molar-refractivity contribution in [2.45, 2.75) is 20.8 Å². The zero-order chi connectivity index (χ0) is 16.3. The van der Waals surface area contributed by atoms with Gasteiger partial charge in [-0.15, -0.1) is 5.10 Å². The zero-order valence-corrected chi connectivity index (χ0v) is 12.8. The fourth-order valence-corrected chi connectivity index (χ4v) is 2.17. The van der Waals surface area contributed by atoms with Gasteiger partial charge in [-0.25, -0.2) is 4.68 Å². The van der Waals surface area contributed by atoms with Crippen molar-refractivity contribution >= 4 is 11.9 Å². The van der Waals surface area contributed by atoms with Crippen LogP contribution < -0.4 is 0 Å². The summed E-state index contributed by atoms with van der Waals surface area (Å²) in [4.78, 5) is 24.4. The molecular weight excluding hydrogens is 284 g/mol. The Bertz CT molecular complexity index is 709. The van der Waals surface area contributed by atoms with Crippen LogP contribution in [0.2, 0.25) is 0 Å². The normalized spacial score (nSPS) is 10.5. The molecule has 2 aromatic rings. The van der Waals surface area contributed by atoms with Gasteiger partial charge in [0.15, 0.2) is 5.69 Å². The summed E-state index contributed by atoms with van der Waals surface area (Å²) < 4.78 is 1.58. The van der Waals surface area contributed by atoms with Crippen LogP contribution in [-0.4, -0.2) is 50.0 Å². The molecule has 1 heterocycles. The third kappa shape index (κ3) is 3.13. The minimum Gasteiger partial charge on any atom is -0.480 e. The quantitative estimate of drug-likeness (QED) is 0.902. The first-order valence-electron chi connectivity index (χ1n) is 6.94. The summed E-state index contributed by atoms with van der Waals surface area (Å²) in [5.41, 5.74) is 2.63. The minimum atomic E-state index is -1.06. The topological polar surface area (TPSA) is 88.3 Å². The van der Waals surface area contributed by atoms with Gasteiger partial charge in [-0.2, -0.15) is 0 Å². The summed E-state index contributed by atoms with van der Waals surface area (Å²) in [6, 6.07) is 7.67. The van der Waals surface area contributed by atoms with Crippen molar-refractivity contribution in [3.8, 4) is 5.69 Å². The van der Waals surface area contributed by atoms with Crippen LogP contribution in [-0.2, 0) is 4.79 Å². The molecule has 0 spiro atoms. The van der Waals surface area contributed by atoms with E-state index in [9.17, 15) is 9.59 Å². The Morgan fingerprint density at radius 1 is 1.32 bits per heavy atom. The monoisotopic (exact) mass is 302 g/mol. The molecule has 0 fully saturated rings. The Morgan fingerprint density at radius 2 is 2.05 bits per heavy atom. The number of aryl methyl sites for hydroxylation is 1. The lowest BCUT2D eigenvalue weighted by Crippen LogP contribution is -2.36. The Labute approximate surface area is 128 Å². The molecule has 0 saturated heterocycles. The Hall–Kier alpha value is -2.70. The van der Waals surface area contributed by atoms with Gasteiger partial charge in [0.25, 0.3) is 5.91 Å². The second-order valence-electron chi connectivity index (χ2n) is 4.99. The number of hydrogen-bond acceptors (Lipinski definition) is 4. The van der Waals surface area contributed by atoms with Crippen molar-refractivity contribution in [3.63, 3.8) is 0 Å². The van der Waals surface area contributed by atoms with Gasteiger partial charge in [-0.3, -0.25) is 9.59 Å². The molecule has 1 aromatic heterocycles.